The maximum absolute atomic E-state index is 13.3. The van der Waals surface area contributed by atoms with E-state index in [4.69, 9.17) is 9.15 Å². The first kappa shape index (κ1) is 23.8. The van der Waals surface area contributed by atoms with Gasteiger partial charge in [0.1, 0.15) is 5.56 Å². The maximum atomic E-state index is 13.3. The number of sulfonamides is 1. The van der Waals surface area contributed by atoms with E-state index in [1.54, 1.807) is 18.2 Å². The molecule has 34 heavy (non-hydrogen) atoms. The van der Waals surface area contributed by atoms with Gasteiger partial charge in [0, 0.05) is 31.6 Å². The lowest BCUT2D eigenvalue weighted by Crippen LogP contribution is -2.51. The summed E-state index contributed by atoms with van der Waals surface area (Å²) in [5.74, 6) is -0.335. The largest absolute Gasteiger partial charge is 0.493 e. The zero-order valence-electron chi connectivity index (χ0n) is 17.8. The van der Waals surface area contributed by atoms with Gasteiger partial charge in [-0.3, -0.25) is 4.79 Å². The Hall–Kier alpha value is -3.38. The second-order valence-corrected chi connectivity index (χ2v) is 9.42. The molecule has 0 atom stereocenters. The monoisotopic (exact) mass is 496 g/mol. The van der Waals surface area contributed by atoms with Crippen LogP contribution in [0.25, 0.3) is 11.0 Å². The predicted molar refractivity (Wildman–Crippen MR) is 115 cm³/mol. The smallest absolute Gasteiger partial charge is 0.417 e. The lowest BCUT2D eigenvalue weighted by Gasteiger charge is -2.34. The van der Waals surface area contributed by atoms with E-state index in [2.05, 4.69) is 0 Å². The number of hydrogen-bond acceptors (Lipinski definition) is 6. The molecular formula is C22H19F3N2O6S. The Labute approximate surface area is 192 Å². The number of methoxy groups -OCH3 is 1. The molecule has 1 aromatic heterocycles. The van der Waals surface area contributed by atoms with Crippen LogP contribution in [0.5, 0.6) is 5.75 Å². The maximum Gasteiger partial charge on any atom is 0.417 e. The van der Waals surface area contributed by atoms with E-state index in [0.717, 1.165) is 16.4 Å². The molecule has 3 aromatic rings. The molecular weight excluding hydrogens is 477 g/mol. The molecule has 12 heteroatoms. The van der Waals surface area contributed by atoms with Gasteiger partial charge in [0.05, 0.1) is 17.6 Å². The number of para-hydroxylation sites is 1. The minimum Gasteiger partial charge on any atom is -0.493 e. The molecule has 0 N–H and O–H groups in total. The van der Waals surface area contributed by atoms with Crippen LogP contribution < -0.4 is 10.4 Å². The Morgan fingerprint density at radius 3 is 2.35 bits per heavy atom. The third kappa shape index (κ3) is 4.26. The summed E-state index contributed by atoms with van der Waals surface area (Å²) in [5.41, 5.74) is -2.18. The lowest BCUT2D eigenvalue weighted by molar-refractivity contribution is -0.139. The quantitative estimate of drug-likeness (QED) is 0.516. The number of carbonyl (C=O) groups is 1. The van der Waals surface area contributed by atoms with Crippen molar-refractivity contribution in [3.05, 3.63) is 70.1 Å². The Kier molecular flexibility index (Phi) is 6.13. The van der Waals surface area contributed by atoms with E-state index in [0.29, 0.717) is 17.2 Å². The van der Waals surface area contributed by atoms with E-state index in [1.807, 2.05) is 0 Å². The molecule has 1 aliphatic rings. The molecule has 1 aliphatic heterocycles. The molecule has 2 aromatic carbocycles. The topological polar surface area (TPSA) is 97.1 Å². The van der Waals surface area contributed by atoms with Gasteiger partial charge in [0.15, 0.2) is 11.3 Å². The van der Waals surface area contributed by atoms with Gasteiger partial charge >= 0.3 is 11.8 Å². The summed E-state index contributed by atoms with van der Waals surface area (Å²) >= 11 is 0. The molecule has 0 bridgehead atoms. The minimum atomic E-state index is -4.84. The summed E-state index contributed by atoms with van der Waals surface area (Å²) < 4.78 is 77.1. The van der Waals surface area contributed by atoms with E-state index >= 15 is 0 Å². The van der Waals surface area contributed by atoms with Crippen molar-refractivity contribution >= 4 is 26.9 Å². The summed E-state index contributed by atoms with van der Waals surface area (Å²) in [7, 11) is -3.04. The average molecular weight is 496 g/mol. The lowest BCUT2D eigenvalue weighted by atomic mass is 10.1. The van der Waals surface area contributed by atoms with Gasteiger partial charge in [0.25, 0.3) is 5.91 Å². The highest BCUT2D eigenvalue weighted by Crippen LogP contribution is 2.35. The third-order valence-corrected chi connectivity index (χ3v) is 7.47. The first-order valence-corrected chi connectivity index (χ1v) is 11.5. The van der Waals surface area contributed by atoms with Crippen LogP contribution in [0, 0.1) is 0 Å². The number of carbonyl (C=O) groups excluding carboxylic acids is 1. The first-order chi connectivity index (χ1) is 16.0. The summed E-state index contributed by atoms with van der Waals surface area (Å²) in [6.07, 6.45) is -4.84. The number of alkyl halides is 3. The average Bonchev–Trinajstić information content (AvgIpc) is 2.82. The van der Waals surface area contributed by atoms with Crippen LogP contribution in [0.15, 0.2) is 62.6 Å². The van der Waals surface area contributed by atoms with Crippen LogP contribution in [0.1, 0.15) is 15.9 Å². The van der Waals surface area contributed by atoms with Gasteiger partial charge in [-0.2, -0.15) is 17.5 Å². The number of fused-ring (bicyclic) bond motifs is 1. The van der Waals surface area contributed by atoms with Crippen LogP contribution >= 0.6 is 0 Å². The van der Waals surface area contributed by atoms with Crippen molar-refractivity contribution in [3.63, 3.8) is 0 Å². The molecule has 1 saturated heterocycles. The zero-order chi connectivity index (χ0) is 24.7. The zero-order valence-corrected chi connectivity index (χ0v) is 18.6. The summed E-state index contributed by atoms with van der Waals surface area (Å²) in [4.78, 5) is 25.8. The number of piperazine rings is 1. The van der Waals surface area contributed by atoms with Crippen LogP contribution in [0.4, 0.5) is 13.2 Å². The number of amides is 1. The van der Waals surface area contributed by atoms with Gasteiger partial charge in [-0.1, -0.05) is 24.3 Å². The summed E-state index contributed by atoms with van der Waals surface area (Å²) in [6, 6.07) is 10.2. The Balaban J connectivity index is 1.55. The van der Waals surface area contributed by atoms with Gasteiger partial charge < -0.3 is 14.1 Å². The van der Waals surface area contributed by atoms with E-state index in [9.17, 15) is 31.2 Å². The fourth-order valence-electron chi connectivity index (χ4n) is 3.79. The molecule has 0 saturated carbocycles. The van der Waals surface area contributed by atoms with Gasteiger partial charge in [-0.15, -0.1) is 0 Å². The van der Waals surface area contributed by atoms with Crippen LogP contribution in [-0.2, 0) is 16.2 Å². The van der Waals surface area contributed by atoms with Gasteiger partial charge in [0.2, 0.25) is 10.0 Å². The molecule has 180 valence electrons. The highest BCUT2D eigenvalue weighted by Gasteiger charge is 2.40. The number of nitrogens with zero attached hydrogens (tertiary/aromatic N) is 2. The third-order valence-electron chi connectivity index (χ3n) is 5.51. The van der Waals surface area contributed by atoms with Crippen molar-refractivity contribution in [2.24, 2.45) is 0 Å². The Morgan fingerprint density at radius 2 is 1.71 bits per heavy atom. The number of ether oxygens (including phenoxy) is 1. The second kappa shape index (κ2) is 8.76. The summed E-state index contributed by atoms with van der Waals surface area (Å²) in [5, 5.41) is 0.465. The molecule has 0 radical (unpaired) electrons. The van der Waals surface area contributed by atoms with Crippen molar-refractivity contribution in [1.82, 2.24) is 9.21 Å². The van der Waals surface area contributed by atoms with E-state index in [-0.39, 0.29) is 37.3 Å². The fourth-order valence-corrected chi connectivity index (χ4v) is 5.43. The minimum absolute atomic E-state index is 0.109. The fraction of sp³-hybridized carbons (Fsp3) is 0.273. The predicted octanol–water partition coefficient (Wildman–Crippen LogP) is 2.97. The number of halogens is 3. The molecule has 2 heterocycles. The molecule has 4 rings (SSSR count). The molecule has 0 spiro atoms. The SMILES string of the molecule is COc1cccc2cc(C(=O)N3CCN(S(=O)(=O)c4ccccc4C(F)(F)F)CC3)c(=O)oc12. The molecule has 8 nitrogen and oxygen atoms in total. The highest BCUT2D eigenvalue weighted by atomic mass is 32.2. The van der Waals surface area contributed by atoms with Crippen molar-refractivity contribution < 1.29 is 35.5 Å². The molecule has 1 amide bonds. The van der Waals surface area contributed by atoms with Crippen LogP contribution in [-0.4, -0.2) is 56.8 Å². The number of rotatable bonds is 4. The first-order valence-electron chi connectivity index (χ1n) is 10.1. The van der Waals surface area contributed by atoms with E-state index in [1.165, 1.54) is 24.1 Å². The van der Waals surface area contributed by atoms with E-state index < -0.39 is 38.2 Å². The van der Waals surface area contributed by atoms with Crippen LogP contribution in [0.2, 0.25) is 0 Å². The van der Waals surface area contributed by atoms with Gasteiger partial charge in [-0.25, -0.2) is 13.2 Å². The van der Waals surface area contributed by atoms with Gasteiger partial charge in [-0.05, 0) is 24.3 Å². The van der Waals surface area contributed by atoms with Crippen molar-refractivity contribution in [2.75, 3.05) is 33.3 Å². The second-order valence-electron chi connectivity index (χ2n) is 7.52. The normalized spacial score (nSPS) is 15.5. The number of hydrogen-bond donors (Lipinski definition) is 0. The summed E-state index contributed by atoms with van der Waals surface area (Å²) in [6.45, 7) is -0.677. The molecule has 0 unspecified atom stereocenters. The number of benzene rings is 2. The Bertz CT molecular complexity index is 1410. The molecule has 0 aliphatic carbocycles. The van der Waals surface area contributed by atoms with Crippen molar-refractivity contribution in [1.29, 1.82) is 0 Å². The Morgan fingerprint density at radius 1 is 1.03 bits per heavy atom. The van der Waals surface area contributed by atoms with Crippen molar-refractivity contribution in [2.45, 2.75) is 11.1 Å². The van der Waals surface area contributed by atoms with Crippen molar-refractivity contribution in [3.8, 4) is 5.75 Å². The van der Waals surface area contributed by atoms with Crippen LogP contribution in [0.3, 0.4) is 0 Å². The highest BCUT2D eigenvalue weighted by molar-refractivity contribution is 7.89. The standard InChI is InChI=1S/C22H19F3N2O6S/c1-32-17-7-4-5-14-13-15(21(29)33-19(14)17)20(28)26-9-11-27(12-10-26)34(30,31)18-8-3-2-6-16(18)22(23,24)25/h2-8,13H,9-12H2,1H3. The molecule has 1 fully saturated rings.